The first-order valence-corrected chi connectivity index (χ1v) is 7.85. The summed E-state index contributed by atoms with van der Waals surface area (Å²) in [5.41, 5.74) is 3.63. The Hall–Kier alpha value is -1.48. The van der Waals surface area contributed by atoms with Gasteiger partial charge in [-0.2, -0.15) is 0 Å². The van der Waals surface area contributed by atoms with Gasteiger partial charge in [-0.15, -0.1) is 0 Å². The van der Waals surface area contributed by atoms with E-state index >= 15 is 0 Å². The molecule has 1 aromatic heterocycles. The predicted octanol–water partition coefficient (Wildman–Crippen LogP) is 5.15. The Labute approximate surface area is 130 Å². The largest absolute Gasteiger partial charge is 0.233 e. The molecule has 2 aromatic rings. The zero-order chi connectivity index (χ0) is 15.4. The highest BCUT2D eigenvalue weighted by Gasteiger charge is 2.17. The molecule has 0 bridgehead atoms. The number of benzene rings is 1. The lowest BCUT2D eigenvalue weighted by Crippen LogP contribution is -2.10. The van der Waals surface area contributed by atoms with Crippen molar-refractivity contribution in [2.24, 2.45) is 0 Å². The van der Waals surface area contributed by atoms with Crippen LogP contribution < -0.4 is 0 Å². The SMILES string of the molecule is CC.Cc1nc(-c2cc(Cl)ccc2F)nc2c1CCCC2. The predicted molar refractivity (Wildman–Crippen MR) is 85.2 cm³/mol. The van der Waals surface area contributed by atoms with E-state index in [1.807, 2.05) is 20.8 Å². The van der Waals surface area contributed by atoms with Gasteiger partial charge in [0, 0.05) is 16.4 Å². The van der Waals surface area contributed by atoms with Crippen LogP contribution in [0.5, 0.6) is 0 Å². The first-order valence-electron chi connectivity index (χ1n) is 7.47. The molecule has 0 saturated carbocycles. The summed E-state index contributed by atoms with van der Waals surface area (Å²) >= 11 is 5.93. The van der Waals surface area contributed by atoms with Crippen LogP contribution in [0.15, 0.2) is 18.2 Å². The smallest absolute Gasteiger partial charge is 0.162 e. The Kier molecular flexibility index (Phi) is 5.29. The van der Waals surface area contributed by atoms with Crippen molar-refractivity contribution in [3.63, 3.8) is 0 Å². The van der Waals surface area contributed by atoms with Gasteiger partial charge < -0.3 is 0 Å². The van der Waals surface area contributed by atoms with Crippen molar-refractivity contribution in [1.82, 2.24) is 9.97 Å². The van der Waals surface area contributed by atoms with Crippen LogP contribution in [-0.4, -0.2) is 9.97 Å². The van der Waals surface area contributed by atoms with Crippen LogP contribution >= 0.6 is 11.6 Å². The molecule has 0 amide bonds. The summed E-state index contributed by atoms with van der Waals surface area (Å²) in [6, 6.07) is 4.47. The lowest BCUT2D eigenvalue weighted by atomic mass is 9.95. The molecule has 0 radical (unpaired) electrons. The van der Waals surface area contributed by atoms with Gasteiger partial charge in [-0.05, 0) is 56.4 Å². The third kappa shape index (κ3) is 3.41. The van der Waals surface area contributed by atoms with Crippen LogP contribution in [0, 0.1) is 12.7 Å². The van der Waals surface area contributed by atoms with E-state index in [1.54, 1.807) is 6.07 Å². The Morgan fingerprint density at radius 3 is 2.57 bits per heavy atom. The number of fused-ring (bicyclic) bond motifs is 1. The minimum Gasteiger partial charge on any atom is -0.233 e. The molecule has 0 aliphatic heterocycles. The van der Waals surface area contributed by atoms with Crippen LogP contribution in [0.1, 0.15) is 43.6 Å². The van der Waals surface area contributed by atoms with E-state index in [-0.39, 0.29) is 5.82 Å². The second-order valence-electron chi connectivity index (χ2n) is 4.89. The number of nitrogens with zero attached hydrogens (tertiary/aromatic N) is 2. The first-order chi connectivity index (χ1) is 10.1. The van der Waals surface area contributed by atoms with Crippen LogP contribution in [0.3, 0.4) is 0 Å². The van der Waals surface area contributed by atoms with E-state index < -0.39 is 0 Å². The summed E-state index contributed by atoms with van der Waals surface area (Å²) in [7, 11) is 0. The molecule has 1 heterocycles. The molecule has 112 valence electrons. The van der Waals surface area contributed by atoms with Gasteiger partial charge in [0.05, 0.1) is 5.56 Å². The summed E-state index contributed by atoms with van der Waals surface area (Å²) in [6.45, 7) is 5.97. The summed E-state index contributed by atoms with van der Waals surface area (Å²) in [4.78, 5) is 8.99. The monoisotopic (exact) mass is 306 g/mol. The Bertz CT molecular complexity index is 641. The molecule has 0 spiro atoms. The van der Waals surface area contributed by atoms with Crippen molar-refractivity contribution in [2.45, 2.75) is 46.5 Å². The average Bonchev–Trinajstić information content (AvgIpc) is 2.52. The van der Waals surface area contributed by atoms with Crippen molar-refractivity contribution in [2.75, 3.05) is 0 Å². The highest BCUT2D eigenvalue weighted by molar-refractivity contribution is 6.30. The van der Waals surface area contributed by atoms with Gasteiger partial charge >= 0.3 is 0 Å². The van der Waals surface area contributed by atoms with E-state index in [9.17, 15) is 4.39 Å². The highest BCUT2D eigenvalue weighted by atomic mass is 35.5. The second kappa shape index (κ2) is 6.99. The Morgan fingerprint density at radius 1 is 1.10 bits per heavy atom. The van der Waals surface area contributed by atoms with Crippen molar-refractivity contribution in [3.8, 4) is 11.4 Å². The Morgan fingerprint density at radius 2 is 1.81 bits per heavy atom. The number of halogens is 2. The molecule has 0 N–H and O–H groups in total. The van der Waals surface area contributed by atoms with Crippen LogP contribution in [0.2, 0.25) is 5.02 Å². The van der Waals surface area contributed by atoms with E-state index in [2.05, 4.69) is 9.97 Å². The molecular weight excluding hydrogens is 287 g/mol. The first kappa shape index (κ1) is 15.9. The third-order valence-corrected chi connectivity index (χ3v) is 3.79. The number of hydrogen-bond donors (Lipinski definition) is 0. The topological polar surface area (TPSA) is 25.8 Å². The van der Waals surface area contributed by atoms with Crippen LogP contribution in [0.4, 0.5) is 4.39 Å². The maximum atomic E-state index is 13.9. The normalized spacial score (nSPS) is 13.2. The van der Waals surface area contributed by atoms with E-state index in [4.69, 9.17) is 11.6 Å². The van der Waals surface area contributed by atoms with Crippen LogP contribution in [0.25, 0.3) is 11.4 Å². The molecule has 1 aromatic carbocycles. The van der Waals surface area contributed by atoms with Gasteiger partial charge in [-0.1, -0.05) is 25.4 Å². The number of hydrogen-bond acceptors (Lipinski definition) is 2. The van der Waals surface area contributed by atoms with E-state index in [0.717, 1.165) is 30.7 Å². The van der Waals surface area contributed by atoms with Crippen molar-refractivity contribution < 1.29 is 4.39 Å². The average molecular weight is 307 g/mol. The maximum absolute atomic E-state index is 13.9. The molecule has 4 heteroatoms. The van der Waals surface area contributed by atoms with E-state index in [0.29, 0.717) is 16.4 Å². The molecule has 0 saturated heterocycles. The Balaban J connectivity index is 0.000000774. The highest BCUT2D eigenvalue weighted by Crippen LogP contribution is 2.27. The second-order valence-corrected chi connectivity index (χ2v) is 5.33. The molecule has 1 aliphatic rings. The van der Waals surface area contributed by atoms with Crippen molar-refractivity contribution in [1.29, 1.82) is 0 Å². The van der Waals surface area contributed by atoms with Crippen LogP contribution in [-0.2, 0) is 12.8 Å². The summed E-state index contributed by atoms with van der Waals surface area (Å²) < 4.78 is 13.9. The fourth-order valence-corrected chi connectivity index (χ4v) is 2.74. The van der Waals surface area contributed by atoms with E-state index in [1.165, 1.54) is 24.1 Å². The standard InChI is InChI=1S/C15H14ClFN2.C2H6/c1-9-11-4-2-3-5-14(11)19-15(18-9)12-8-10(16)6-7-13(12)17;1-2/h6-8H,2-5H2,1H3;1-2H3. The summed E-state index contributed by atoms with van der Waals surface area (Å²) in [6.07, 6.45) is 4.30. The number of aryl methyl sites for hydroxylation is 2. The van der Waals surface area contributed by atoms with Gasteiger partial charge in [-0.25, -0.2) is 14.4 Å². The lowest BCUT2D eigenvalue weighted by molar-refractivity contribution is 0.627. The fourth-order valence-electron chi connectivity index (χ4n) is 2.57. The summed E-state index contributed by atoms with van der Waals surface area (Å²) in [5.74, 6) is 0.109. The molecule has 0 fully saturated rings. The third-order valence-electron chi connectivity index (χ3n) is 3.56. The molecule has 1 aliphatic carbocycles. The number of rotatable bonds is 1. The zero-order valence-electron chi connectivity index (χ0n) is 12.7. The molecule has 0 unspecified atom stereocenters. The molecule has 2 nitrogen and oxygen atoms in total. The van der Waals surface area contributed by atoms with Gasteiger partial charge in [0.1, 0.15) is 5.82 Å². The van der Waals surface area contributed by atoms with Gasteiger partial charge in [0.2, 0.25) is 0 Å². The molecule has 0 atom stereocenters. The van der Waals surface area contributed by atoms with Gasteiger partial charge in [0.15, 0.2) is 5.82 Å². The van der Waals surface area contributed by atoms with Gasteiger partial charge in [-0.3, -0.25) is 0 Å². The minimum atomic E-state index is -0.334. The molecule has 21 heavy (non-hydrogen) atoms. The lowest BCUT2D eigenvalue weighted by Gasteiger charge is -2.17. The minimum absolute atomic E-state index is 0.334. The maximum Gasteiger partial charge on any atom is 0.162 e. The molecular formula is C17H20ClFN2. The quantitative estimate of drug-likeness (QED) is 0.728. The number of aromatic nitrogens is 2. The van der Waals surface area contributed by atoms with Gasteiger partial charge in [0.25, 0.3) is 0 Å². The zero-order valence-corrected chi connectivity index (χ0v) is 13.5. The summed E-state index contributed by atoms with van der Waals surface area (Å²) in [5, 5.41) is 0.496. The van der Waals surface area contributed by atoms with Crippen molar-refractivity contribution in [3.05, 3.63) is 46.0 Å². The fraction of sp³-hybridized carbons (Fsp3) is 0.412. The molecule has 3 rings (SSSR count). The van der Waals surface area contributed by atoms with Crippen molar-refractivity contribution >= 4 is 11.6 Å².